The van der Waals surface area contributed by atoms with Crippen LogP contribution in [0.1, 0.15) is 16.7 Å². The van der Waals surface area contributed by atoms with Crippen molar-refractivity contribution < 1.29 is 0 Å². The minimum atomic E-state index is 0.831. The van der Waals surface area contributed by atoms with Crippen molar-refractivity contribution in [2.24, 2.45) is 0 Å². The van der Waals surface area contributed by atoms with Crippen molar-refractivity contribution >= 4 is 11.5 Å². The molecule has 0 unspecified atom stereocenters. The van der Waals surface area contributed by atoms with Crippen molar-refractivity contribution in [2.75, 3.05) is 10.6 Å². The molecule has 19 heavy (non-hydrogen) atoms. The molecule has 0 aliphatic heterocycles. The van der Waals surface area contributed by atoms with Gasteiger partial charge in [0.2, 0.25) is 0 Å². The van der Waals surface area contributed by atoms with Gasteiger partial charge in [0.15, 0.2) is 0 Å². The molecule has 0 saturated carbocycles. The van der Waals surface area contributed by atoms with E-state index < -0.39 is 0 Å². The third-order valence-corrected chi connectivity index (χ3v) is 2.88. The summed E-state index contributed by atoms with van der Waals surface area (Å²) >= 11 is 0. The first-order chi connectivity index (χ1) is 9.16. The highest BCUT2D eigenvalue weighted by molar-refractivity contribution is 5.59. The van der Waals surface area contributed by atoms with Gasteiger partial charge in [-0.05, 0) is 44.0 Å². The monoisotopic (exact) mass is 253 g/mol. The normalized spacial score (nSPS) is 10.7. The van der Waals surface area contributed by atoms with E-state index in [1.165, 1.54) is 16.7 Å². The van der Waals surface area contributed by atoms with Crippen LogP contribution in [-0.2, 0) is 0 Å². The number of rotatable bonds is 4. The van der Waals surface area contributed by atoms with Crippen molar-refractivity contribution in [2.45, 2.75) is 20.8 Å². The molecular formula is C16H19N3. The molecule has 98 valence electrons. The number of nitrogens with one attached hydrogen (secondary N) is 2. The second-order valence-corrected chi connectivity index (χ2v) is 4.61. The molecule has 1 aromatic carbocycles. The van der Waals surface area contributed by atoms with Gasteiger partial charge in [-0.25, -0.2) is 4.98 Å². The zero-order chi connectivity index (χ0) is 13.7. The maximum atomic E-state index is 4.18. The molecular weight excluding hydrogens is 234 g/mol. The predicted molar refractivity (Wildman–Crippen MR) is 81.3 cm³/mol. The van der Waals surface area contributed by atoms with Crippen LogP contribution in [0.5, 0.6) is 0 Å². The SMILES string of the molecule is Cc1cc(C)c(N/C=C\Nc2ccccn2)c(C)c1. The van der Waals surface area contributed by atoms with E-state index in [2.05, 4.69) is 48.5 Å². The number of nitrogens with zero attached hydrogens (tertiary/aromatic N) is 1. The summed E-state index contributed by atoms with van der Waals surface area (Å²) < 4.78 is 0. The molecule has 1 heterocycles. The van der Waals surface area contributed by atoms with Crippen LogP contribution in [0.2, 0.25) is 0 Å². The minimum Gasteiger partial charge on any atom is -0.360 e. The number of pyridine rings is 1. The van der Waals surface area contributed by atoms with Gasteiger partial charge in [-0.3, -0.25) is 0 Å². The first-order valence-corrected chi connectivity index (χ1v) is 6.34. The maximum absolute atomic E-state index is 4.18. The van der Waals surface area contributed by atoms with Crippen LogP contribution in [0.25, 0.3) is 0 Å². The molecule has 0 aliphatic carbocycles. The summed E-state index contributed by atoms with van der Waals surface area (Å²) in [6.07, 6.45) is 5.50. The lowest BCUT2D eigenvalue weighted by atomic mass is 10.1. The lowest BCUT2D eigenvalue weighted by molar-refractivity contribution is 1.29. The summed E-state index contributed by atoms with van der Waals surface area (Å²) in [5, 5.41) is 6.42. The quantitative estimate of drug-likeness (QED) is 0.864. The highest BCUT2D eigenvalue weighted by atomic mass is 15.0. The number of hydrogen-bond donors (Lipinski definition) is 2. The Labute approximate surface area is 114 Å². The number of anilines is 2. The maximum Gasteiger partial charge on any atom is 0.129 e. The van der Waals surface area contributed by atoms with E-state index in [0.29, 0.717) is 0 Å². The summed E-state index contributed by atoms with van der Waals surface area (Å²) in [4.78, 5) is 4.18. The largest absolute Gasteiger partial charge is 0.360 e. The van der Waals surface area contributed by atoms with Crippen LogP contribution >= 0.6 is 0 Å². The van der Waals surface area contributed by atoms with Crippen molar-refractivity contribution in [1.29, 1.82) is 0 Å². The Hall–Kier alpha value is -2.29. The third kappa shape index (κ3) is 3.58. The van der Waals surface area contributed by atoms with Gasteiger partial charge in [0, 0.05) is 24.3 Å². The molecule has 2 rings (SSSR count). The standard InChI is InChI=1S/C16H19N3/c1-12-10-13(2)16(14(3)11-12)19-9-8-18-15-6-4-5-7-17-15/h4-11,19H,1-3H3,(H,17,18)/b9-8-. The number of aryl methyl sites for hydroxylation is 3. The van der Waals surface area contributed by atoms with Crippen molar-refractivity contribution in [3.05, 3.63) is 65.6 Å². The van der Waals surface area contributed by atoms with Gasteiger partial charge < -0.3 is 10.6 Å². The van der Waals surface area contributed by atoms with Crippen molar-refractivity contribution in [3.63, 3.8) is 0 Å². The van der Waals surface area contributed by atoms with Crippen LogP contribution < -0.4 is 10.6 Å². The van der Waals surface area contributed by atoms with Gasteiger partial charge in [0.1, 0.15) is 5.82 Å². The Morgan fingerprint density at radius 1 is 0.947 bits per heavy atom. The Morgan fingerprint density at radius 2 is 1.63 bits per heavy atom. The Morgan fingerprint density at radius 3 is 2.26 bits per heavy atom. The predicted octanol–water partition coefficient (Wildman–Crippen LogP) is 4.00. The molecule has 0 aliphatic rings. The van der Waals surface area contributed by atoms with E-state index in [0.717, 1.165) is 11.5 Å². The topological polar surface area (TPSA) is 37.0 Å². The number of aromatic nitrogens is 1. The molecule has 0 fully saturated rings. The summed E-state index contributed by atoms with van der Waals surface area (Å²) in [6, 6.07) is 10.1. The van der Waals surface area contributed by atoms with Gasteiger partial charge >= 0.3 is 0 Å². The average molecular weight is 253 g/mol. The van der Waals surface area contributed by atoms with E-state index in [9.17, 15) is 0 Å². The van der Waals surface area contributed by atoms with Crippen LogP contribution in [0, 0.1) is 20.8 Å². The average Bonchev–Trinajstić information content (AvgIpc) is 2.38. The second kappa shape index (κ2) is 6.05. The fourth-order valence-electron chi connectivity index (χ4n) is 2.11. The molecule has 0 spiro atoms. The lowest BCUT2D eigenvalue weighted by Gasteiger charge is -2.10. The molecule has 1 aromatic heterocycles. The van der Waals surface area contributed by atoms with Gasteiger partial charge in [0.05, 0.1) is 0 Å². The van der Waals surface area contributed by atoms with E-state index in [1.807, 2.05) is 30.6 Å². The van der Waals surface area contributed by atoms with E-state index in [-0.39, 0.29) is 0 Å². The van der Waals surface area contributed by atoms with Crippen LogP contribution in [0.4, 0.5) is 11.5 Å². The minimum absolute atomic E-state index is 0.831. The molecule has 0 radical (unpaired) electrons. The molecule has 0 saturated heterocycles. The smallest absolute Gasteiger partial charge is 0.129 e. The zero-order valence-electron chi connectivity index (χ0n) is 11.6. The van der Waals surface area contributed by atoms with Crippen LogP contribution in [0.3, 0.4) is 0 Å². The molecule has 3 nitrogen and oxygen atoms in total. The Kier molecular flexibility index (Phi) is 4.18. The summed E-state index contributed by atoms with van der Waals surface area (Å²) in [6.45, 7) is 6.34. The highest BCUT2D eigenvalue weighted by Gasteiger charge is 2.00. The molecule has 0 atom stereocenters. The number of benzene rings is 1. The fraction of sp³-hybridized carbons (Fsp3) is 0.188. The van der Waals surface area contributed by atoms with E-state index in [4.69, 9.17) is 0 Å². The van der Waals surface area contributed by atoms with Crippen molar-refractivity contribution in [3.8, 4) is 0 Å². The zero-order valence-corrected chi connectivity index (χ0v) is 11.6. The lowest BCUT2D eigenvalue weighted by Crippen LogP contribution is -1.97. The third-order valence-electron chi connectivity index (χ3n) is 2.88. The molecule has 0 bridgehead atoms. The van der Waals surface area contributed by atoms with Crippen LogP contribution in [-0.4, -0.2) is 4.98 Å². The number of hydrogen-bond acceptors (Lipinski definition) is 3. The Bertz CT molecular complexity index is 551. The van der Waals surface area contributed by atoms with Gasteiger partial charge in [-0.1, -0.05) is 23.8 Å². The first kappa shape index (κ1) is 13.1. The second-order valence-electron chi connectivity index (χ2n) is 4.61. The summed E-state index contributed by atoms with van der Waals surface area (Å²) in [5.41, 5.74) is 4.95. The highest BCUT2D eigenvalue weighted by Crippen LogP contribution is 2.21. The first-order valence-electron chi connectivity index (χ1n) is 6.34. The molecule has 2 N–H and O–H groups in total. The fourth-order valence-corrected chi connectivity index (χ4v) is 2.11. The Balaban J connectivity index is 1.99. The van der Waals surface area contributed by atoms with Crippen LogP contribution in [0.15, 0.2) is 48.9 Å². The molecule has 0 amide bonds. The summed E-state index contributed by atoms with van der Waals surface area (Å²) in [7, 11) is 0. The van der Waals surface area contributed by atoms with E-state index in [1.54, 1.807) is 6.20 Å². The van der Waals surface area contributed by atoms with E-state index >= 15 is 0 Å². The summed E-state index contributed by atoms with van der Waals surface area (Å²) in [5.74, 6) is 0.831. The van der Waals surface area contributed by atoms with Gasteiger partial charge in [0.25, 0.3) is 0 Å². The van der Waals surface area contributed by atoms with Gasteiger partial charge in [-0.15, -0.1) is 0 Å². The van der Waals surface area contributed by atoms with Gasteiger partial charge in [-0.2, -0.15) is 0 Å². The molecule has 2 aromatic rings. The van der Waals surface area contributed by atoms with Crippen molar-refractivity contribution in [1.82, 2.24) is 4.98 Å². The molecule has 3 heteroatoms.